The van der Waals surface area contributed by atoms with Crippen molar-refractivity contribution in [1.29, 1.82) is 0 Å². The molecule has 2 aromatic carbocycles. The Morgan fingerprint density at radius 3 is 2.33 bits per heavy atom. The van der Waals surface area contributed by atoms with Crippen LogP contribution in [0.5, 0.6) is 17.2 Å². The van der Waals surface area contributed by atoms with Crippen LogP contribution in [0.4, 0.5) is 11.4 Å². The molecular weight excluding hydrogens is 464 g/mol. The molecule has 3 rings (SSSR count). The number of nitrogens with zero attached hydrogens (tertiary/aromatic N) is 1. The quantitative estimate of drug-likeness (QED) is 0.348. The number of carbonyl (C=O) groups excluding carboxylic acids is 2. The number of para-hydroxylation sites is 1. The Bertz CT molecular complexity index is 1050. The maximum Gasteiger partial charge on any atom is 0.331 e. The first kappa shape index (κ1) is 26.9. The van der Waals surface area contributed by atoms with Gasteiger partial charge in [0.1, 0.15) is 17.2 Å². The fourth-order valence-electron chi connectivity index (χ4n) is 3.68. The summed E-state index contributed by atoms with van der Waals surface area (Å²) >= 11 is 0. The zero-order valence-corrected chi connectivity index (χ0v) is 21.1. The predicted octanol–water partition coefficient (Wildman–Crippen LogP) is 3.91. The van der Waals surface area contributed by atoms with Gasteiger partial charge in [0.2, 0.25) is 0 Å². The number of nitrogens with one attached hydrogen (secondary N) is 1. The molecule has 0 bridgehead atoms. The van der Waals surface area contributed by atoms with E-state index in [0.717, 1.165) is 24.3 Å². The number of hydrogen-bond acceptors (Lipinski definition) is 8. The molecule has 2 aromatic rings. The van der Waals surface area contributed by atoms with E-state index in [0.29, 0.717) is 56.0 Å². The molecule has 0 atom stereocenters. The number of ether oxygens (including phenoxy) is 5. The summed E-state index contributed by atoms with van der Waals surface area (Å²) in [7, 11) is 0. The topological polar surface area (TPSA) is 95.6 Å². The molecule has 0 saturated carbocycles. The van der Waals surface area contributed by atoms with Gasteiger partial charge in [0.15, 0.2) is 6.61 Å². The summed E-state index contributed by atoms with van der Waals surface area (Å²) in [6, 6.07) is 10.9. The van der Waals surface area contributed by atoms with E-state index in [1.165, 1.54) is 6.08 Å². The normalized spacial score (nSPS) is 13.4. The maximum atomic E-state index is 12.6. The van der Waals surface area contributed by atoms with Gasteiger partial charge in [0.25, 0.3) is 5.91 Å². The van der Waals surface area contributed by atoms with Crippen molar-refractivity contribution in [3.63, 3.8) is 0 Å². The summed E-state index contributed by atoms with van der Waals surface area (Å²) in [6.07, 6.45) is 2.86. The lowest BCUT2D eigenvalue weighted by molar-refractivity contribution is -0.142. The molecule has 1 heterocycles. The van der Waals surface area contributed by atoms with Gasteiger partial charge in [-0.1, -0.05) is 18.2 Å². The molecule has 1 aliphatic heterocycles. The Morgan fingerprint density at radius 1 is 0.944 bits per heavy atom. The number of amides is 1. The van der Waals surface area contributed by atoms with Crippen LogP contribution in [-0.4, -0.2) is 64.6 Å². The molecule has 0 radical (unpaired) electrons. The Labute approximate surface area is 211 Å². The van der Waals surface area contributed by atoms with E-state index in [1.807, 2.05) is 51.1 Å². The lowest BCUT2D eigenvalue weighted by atomic mass is 10.2. The van der Waals surface area contributed by atoms with Crippen LogP contribution in [0.2, 0.25) is 0 Å². The number of rotatable bonds is 12. The number of esters is 1. The molecular formula is C27H34N2O7. The Kier molecular flexibility index (Phi) is 10.4. The third-order valence-electron chi connectivity index (χ3n) is 5.25. The van der Waals surface area contributed by atoms with Gasteiger partial charge < -0.3 is 33.9 Å². The fraction of sp³-hybridized carbons (Fsp3) is 0.407. The molecule has 1 amide bonds. The minimum Gasteiger partial charge on any atom is -0.493 e. The summed E-state index contributed by atoms with van der Waals surface area (Å²) in [5.41, 5.74) is 2.07. The van der Waals surface area contributed by atoms with E-state index in [1.54, 1.807) is 12.1 Å². The smallest absolute Gasteiger partial charge is 0.331 e. The molecule has 1 aliphatic rings. The molecule has 9 heteroatoms. The van der Waals surface area contributed by atoms with Gasteiger partial charge in [-0.3, -0.25) is 4.79 Å². The zero-order valence-electron chi connectivity index (χ0n) is 21.1. The van der Waals surface area contributed by atoms with Crippen LogP contribution in [-0.2, 0) is 19.1 Å². The average Bonchev–Trinajstić information content (AvgIpc) is 2.89. The van der Waals surface area contributed by atoms with Crippen LogP contribution in [0.3, 0.4) is 0 Å². The summed E-state index contributed by atoms with van der Waals surface area (Å²) in [5.74, 6) is 0.671. The Balaban J connectivity index is 1.66. The molecule has 36 heavy (non-hydrogen) atoms. The first-order valence-corrected chi connectivity index (χ1v) is 12.2. The van der Waals surface area contributed by atoms with Crippen molar-refractivity contribution in [2.24, 2.45) is 0 Å². The molecule has 0 unspecified atom stereocenters. The van der Waals surface area contributed by atoms with E-state index < -0.39 is 18.5 Å². The Morgan fingerprint density at radius 2 is 1.61 bits per heavy atom. The van der Waals surface area contributed by atoms with Gasteiger partial charge in [0, 0.05) is 36.9 Å². The molecule has 0 aromatic heterocycles. The van der Waals surface area contributed by atoms with Gasteiger partial charge in [-0.25, -0.2) is 4.79 Å². The van der Waals surface area contributed by atoms with Gasteiger partial charge in [-0.15, -0.1) is 0 Å². The first-order chi connectivity index (χ1) is 17.5. The third-order valence-corrected chi connectivity index (χ3v) is 5.25. The van der Waals surface area contributed by atoms with Gasteiger partial charge in [-0.2, -0.15) is 0 Å². The van der Waals surface area contributed by atoms with Gasteiger partial charge >= 0.3 is 5.97 Å². The highest BCUT2D eigenvalue weighted by molar-refractivity contribution is 5.96. The van der Waals surface area contributed by atoms with Gasteiger partial charge in [0.05, 0.1) is 44.4 Å². The van der Waals surface area contributed by atoms with Crippen LogP contribution >= 0.6 is 0 Å². The number of carbonyl (C=O) groups is 2. The molecule has 1 N–H and O–H groups in total. The SMILES string of the molecule is CCOc1ccccc1/C=C/C(=O)OCC(=O)Nc1cc(OCC)c(N2CCOCC2)cc1OCC. The summed E-state index contributed by atoms with van der Waals surface area (Å²) in [4.78, 5) is 26.9. The van der Waals surface area contributed by atoms with E-state index in [4.69, 9.17) is 23.7 Å². The Hall–Kier alpha value is -3.72. The van der Waals surface area contributed by atoms with Crippen molar-refractivity contribution in [3.05, 3.63) is 48.0 Å². The number of benzene rings is 2. The fourth-order valence-corrected chi connectivity index (χ4v) is 3.68. The van der Waals surface area contributed by atoms with Crippen molar-refractivity contribution in [2.75, 3.05) is 62.9 Å². The maximum absolute atomic E-state index is 12.6. The molecule has 1 saturated heterocycles. The minimum absolute atomic E-state index is 0.419. The summed E-state index contributed by atoms with van der Waals surface area (Å²) in [6.45, 7) is 9.33. The lowest BCUT2D eigenvalue weighted by Gasteiger charge is -2.31. The highest BCUT2D eigenvalue weighted by Crippen LogP contribution is 2.39. The second-order valence-corrected chi connectivity index (χ2v) is 7.74. The van der Waals surface area contributed by atoms with E-state index in [2.05, 4.69) is 10.2 Å². The van der Waals surface area contributed by atoms with Crippen molar-refractivity contribution < 1.29 is 33.3 Å². The minimum atomic E-state index is -0.640. The van der Waals surface area contributed by atoms with Crippen molar-refractivity contribution in [2.45, 2.75) is 20.8 Å². The molecule has 0 aliphatic carbocycles. The van der Waals surface area contributed by atoms with Crippen molar-refractivity contribution in [1.82, 2.24) is 0 Å². The molecule has 1 fully saturated rings. The summed E-state index contributed by atoms with van der Waals surface area (Å²) < 4.78 is 27.8. The lowest BCUT2D eigenvalue weighted by Crippen LogP contribution is -2.36. The first-order valence-electron chi connectivity index (χ1n) is 12.2. The second-order valence-electron chi connectivity index (χ2n) is 7.74. The van der Waals surface area contributed by atoms with Crippen LogP contribution in [0, 0.1) is 0 Å². The van der Waals surface area contributed by atoms with Gasteiger partial charge in [-0.05, 0) is 32.9 Å². The second kappa shape index (κ2) is 14.0. The molecule has 194 valence electrons. The van der Waals surface area contributed by atoms with E-state index in [9.17, 15) is 9.59 Å². The predicted molar refractivity (Wildman–Crippen MR) is 138 cm³/mol. The van der Waals surface area contributed by atoms with Crippen molar-refractivity contribution in [3.8, 4) is 17.2 Å². The zero-order chi connectivity index (χ0) is 25.8. The monoisotopic (exact) mass is 498 g/mol. The molecule has 9 nitrogen and oxygen atoms in total. The number of hydrogen-bond donors (Lipinski definition) is 1. The van der Waals surface area contributed by atoms with Crippen LogP contribution in [0.25, 0.3) is 6.08 Å². The molecule has 0 spiro atoms. The third kappa shape index (κ3) is 7.64. The summed E-state index contributed by atoms with van der Waals surface area (Å²) in [5, 5.41) is 2.77. The van der Waals surface area contributed by atoms with E-state index in [-0.39, 0.29) is 0 Å². The number of anilines is 2. The van der Waals surface area contributed by atoms with Crippen LogP contribution in [0.1, 0.15) is 26.3 Å². The number of morpholine rings is 1. The van der Waals surface area contributed by atoms with Crippen molar-refractivity contribution >= 4 is 29.3 Å². The van der Waals surface area contributed by atoms with Crippen LogP contribution < -0.4 is 24.4 Å². The largest absolute Gasteiger partial charge is 0.493 e. The highest BCUT2D eigenvalue weighted by atomic mass is 16.5. The van der Waals surface area contributed by atoms with E-state index >= 15 is 0 Å². The average molecular weight is 499 g/mol. The highest BCUT2D eigenvalue weighted by Gasteiger charge is 2.20. The standard InChI is InChI=1S/C27H34N2O7/c1-4-33-23-10-8-7-9-20(23)11-12-27(31)36-19-26(30)28-21-17-25(35-6-3)22(18-24(21)34-5-2)29-13-15-32-16-14-29/h7-12,17-18H,4-6,13-16,19H2,1-3H3,(H,28,30)/b12-11+. The van der Waals surface area contributed by atoms with Crippen LogP contribution in [0.15, 0.2) is 42.5 Å².